The average molecular weight is 240 g/mol. The van der Waals surface area contributed by atoms with Gasteiger partial charge in [0.15, 0.2) is 11.4 Å². The second-order valence-electron chi connectivity index (χ2n) is 4.10. The molecule has 0 unspecified atom stereocenters. The molecule has 0 aliphatic heterocycles. The molecule has 0 aromatic carbocycles. The van der Waals surface area contributed by atoms with Crippen molar-refractivity contribution in [2.75, 3.05) is 18.0 Å². The summed E-state index contributed by atoms with van der Waals surface area (Å²) in [5.74, 6) is 0.311. The van der Waals surface area contributed by atoms with Crippen LogP contribution >= 0.6 is 11.3 Å². The van der Waals surface area contributed by atoms with Gasteiger partial charge in [-0.25, -0.2) is 4.98 Å². The average Bonchev–Trinajstić information content (AvgIpc) is 2.69. The predicted molar refractivity (Wildman–Crippen MR) is 69.8 cm³/mol. The van der Waals surface area contributed by atoms with E-state index in [9.17, 15) is 4.79 Å². The molecule has 0 spiro atoms. The van der Waals surface area contributed by atoms with Crippen molar-refractivity contribution < 1.29 is 4.79 Å². The van der Waals surface area contributed by atoms with Crippen molar-refractivity contribution in [1.29, 1.82) is 0 Å². The molecule has 0 saturated carbocycles. The molecular formula is C12H20N2OS. The Labute approximate surface area is 101 Å². The Morgan fingerprint density at radius 3 is 2.50 bits per heavy atom. The fourth-order valence-corrected chi connectivity index (χ4v) is 2.75. The first-order valence-electron chi connectivity index (χ1n) is 5.84. The highest BCUT2D eigenvalue weighted by molar-refractivity contribution is 7.17. The van der Waals surface area contributed by atoms with Crippen LogP contribution in [0.5, 0.6) is 0 Å². The van der Waals surface area contributed by atoms with E-state index in [4.69, 9.17) is 0 Å². The minimum atomic E-state index is 0.311. The SMILES string of the molecule is CCCN(CC)c1nc(C(C)C)c(C=O)s1. The standard InChI is InChI=1S/C12H20N2OS/c1-5-7-14(6-2)12-13-11(9(3)4)10(8-15)16-12/h8-9H,5-7H2,1-4H3. The summed E-state index contributed by atoms with van der Waals surface area (Å²) in [7, 11) is 0. The number of aromatic nitrogens is 1. The van der Waals surface area contributed by atoms with Gasteiger partial charge >= 0.3 is 0 Å². The predicted octanol–water partition coefficient (Wildman–Crippen LogP) is 3.32. The van der Waals surface area contributed by atoms with E-state index in [0.29, 0.717) is 5.92 Å². The van der Waals surface area contributed by atoms with Gasteiger partial charge in [-0.15, -0.1) is 0 Å². The molecule has 0 fully saturated rings. The van der Waals surface area contributed by atoms with Crippen molar-refractivity contribution in [3.8, 4) is 0 Å². The molecule has 0 bridgehead atoms. The Balaban J connectivity index is 3.00. The van der Waals surface area contributed by atoms with Gasteiger partial charge in [0.05, 0.1) is 10.6 Å². The van der Waals surface area contributed by atoms with Crippen LogP contribution in [0.3, 0.4) is 0 Å². The van der Waals surface area contributed by atoms with Crippen LogP contribution in [-0.4, -0.2) is 24.4 Å². The summed E-state index contributed by atoms with van der Waals surface area (Å²) in [5, 5.41) is 0.982. The van der Waals surface area contributed by atoms with Crippen molar-refractivity contribution in [3.63, 3.8) is 0 Å². The monoisotopic (exact) mass is 240 g/mol. The van der Waals surface area contributed by atoms with E-state index >= 15 is 0 Å². The first-order valence-corrected chi connectivity index (χ1v) is 6.66. The molecule has 4 heteroatoms. The Kier molecular flexibility index (Phi) is 4.93. The maximum absolute atomic E-state index is 11.0. The van der Waals surface area contributed by atoms with E-state index in [1.807, 2.05) is 0 Å². The first-order chi connectivity index (χ1) is 7.63. The molecule has 0 atom stereocenters. The van der Waals surface area contributed by atoms with Crippen molar-refractivity contribution in [2.24, 2.45) is 0 Å². The zero-order valence-electron chi connectivity index (χ0n) is 10.5. The van der Waals surface area contributed by atoms with E-state index in [1.165, 1.54) is 11.3 Å². The maximum atomic E-state index is 11.0. The number of carbonyl (C=O) groups is 1. The van der Waals surface area contributed by atoms with Crippen molar-refractivity contribution in [1.82, 2.24) is 4.98 Å². The van der Waals surface area contributed by atoms with Crippen molar-refractivity contribution in [2.45, 2.75) is 40.0 Å². The van der Waals surface area contributed by atoms with Crippen LogP contribution in [0.4, 0.5) is 5.13 Å². The first kappa shape index (κ1) is 13.2. The second kappa shape index (κ2) is 5.99. The van der Waals surface area contributed by atoms with E-state index in [0.717, 1.165) is 41.5 Å². The quantitative estimate of drug-likeness (QED) is 0.715. The summed E-state index contributed by atoms with van der Waals surface area (Å²) >= 11 is 1.51. The van der Waals surface area contributed by atoms with Crippen molar-refractivity contribution in [3.05, 3.63) is 10.6 Å². The van der Waals surface area contributed by atoms with Gasteiger partial charge in [0.25, 0.3) is 0 Å². The number of hydrogen-bond donors (Lipinski definition) is 0. The molecule has 90 valence electrons. The largest absolute Gasteiger partial charge is 0.348 e. The molecule has 0 N–H and O–H groups in total. The molecule has 1 rings (SSSR count). The molecule has 0 aliphatic carbocycles. The lowest BCUT2D eigenvalue weighted by Crippen LogP contribution is -2.23. The molecule has 16 heavy (non-hydrogen) atoms. The van der Waals surface area contributed by atoms with Crippen LogP contribution < -0.4 is 4.90 Å². The van der Waals surface area contributed by atoms with Crippen LogP contribution in [0.1, 0.15) is 55.4 Å². The van der Waals surface area contributed by atoms with Gasteiger partial charge in [0, 0.05) is 13.1 Å². The minimum absolute atomic E-state index is 0.311. The second-order valence-corrected chi connectivity index (χ2v) is 5.11. The van der Waals surface area contributed by atoms with Crippen molar-refractivity contribution >= 4 is 22.8 Å². The molecule has 1 heterocycles. The number of hydrogen-bond acceptors (Lipinski definition) is 4. The van der Waals surface area contributed by atoms with Gasteiger partial charge in [0.1, 0.15) is 0 Å². The third kappa shape index (κ3) is 2.82. The number of thiazole rings is 1. The van der Waals surface area contributed by atoms with Crippen LogP contribution in [0.2, 0.25) is 0 Å². The Bertz CT molecular complexity index is 347. The van der Waals surface area contributed by atoms with E-state index in [2.05, 4.69) is 37.6 Å². The van der Waals surface area contributed by atoms with Gasteiger partial charge in [-0.1, -0.05) is 32.1 Å². The fraction of sp³-hybridized carbons (Fsp3) is 0.667. The summed E-state index contributed by atoms with van der Waals surface area (Å²) in [6.45, 7) is 10.4. The topological polar surface area (TPSA) is 33.2 Å². The number of rotatable bonds is 6. The Hall–Kier alpha value is -0.900. The smallest absolute Gasteiger partial charge is 0.186 e. The van der Waals surface area contributed by atoms with Gasteiger partial charge in [-0.05, 0) is 19.3 Å². The highest BCUT2D eigenvalue weighted by atomic mass is 32.1. The Morgan fingerprint density at radius 2 is 2.12 bits per heavy atom. The molecule has 1 aromatic heterocycles. The molecule has 0 saturated heterocycles. The Morgan fingerprint density at radius 1 is 1.44 bits per heavy atom. The number of carbonyl (C=O) groups excluding carboxylic acids is 1. The maximum Gasteiger partial charge on any atom is 0.186 e. The molecular weight excluding hydrogens is 220 g/mol. The molecule has 1 aromatic rings. The summed E-state index contributed by atoms with van der Waals surface area (Å²) < 4.78 is 0. The van der Waals surface area contributed by atoms with E-state index in [-0.39, 0.29) is 0 Å². The number of anilines is 1. The van der Waals surface area contributed by atoms with Crippen LogP contribution in [0.25, 0.3) is 0 Å². The minimum Gasteiger partial charge on any atom is -0.348 e. The van der Waals surface area contributed by atoms with Crippen LogP contribution in [0.15, 0.2) is 0 Å². The van der Waals surface area contributed by atoms with Crippen LogP contribution in [0, 0.1) is 0 Å². The summed E-state index contributed by atoms with van der Waals surface area (Å²) in [4.78, 5) is 18.6. The number of nitrogens with zero attached hydrogens (tertiary/aromatic N) is 2. The highest BCUT2D eigenvalue weighted by Gasteiger charge is 2.16. The summed E-state index contributed by atoms with van der Waals surface area (Å²) in [6, 6.07) is 0. The van der Waals surface area contributed by atoms with Gasteiger partial charge < -0.3 is 4.90 Å². The lowest BCUT2D eigenvalue weighted by atomic mass is 10.1. The number of aldehydes is 1. The normalized spacial score (nSPS) is 10.8. The highest BCUT2D eigenvalue weighted by Crippen LogP contribution is 2.29. The third-order valence-electron chi connectivity index (χ3n) is 2.47. The van der Waals surface area contributed by atoms with E-state index < -0.39 is 0 Å². The fourth-order valence-electron chi connectivity index (χ4n) is 1.62. The lowest BCUT2D eigenvalue weighted by molar-refractivity contribution is 0.112. The van der Waals surface area contributed by atoms with Crippen LogP contribution in [-0.2, 0) is 0 Å². The summed E-state index contributed by atoms with van der Waals surface area (Å²) in [5.41, 5.74) is 0.935. The zero-order chi connectivity index (χ0) is 12.1. The van der Waals surface area contributed by atoms with E-state index in [1.54, 1.807) is 0 Å². The van der Waals surface area contributed by atoms with Gasteiger partial charge in [-0.3, -0.25) is 4.79 Å². The third-order valence-corrected chi connectivity index (χ3v) is 3.53. The van der Waals surface area contributed by atoms with Gasteiger partial charge in [-0.2, -0.15) is 0 Å². The molecule has 0 aliphatic rings. The van der Waals surface area contributed by atoms with Gasteiger partial charge in [0.2, 0.25) is 0 Å². The molecule has 3 nitrogen and oxygen atoms in total. The molecule has 0 amide bonds. The lowest BCUT2D eigenvalue weighted by Gasteiger charge is -2.18. The molecule has 0 radical (unpaired) electrons. The summed E-state index contributed by atoms with van der Waals surface area (Å²) in [6.07, 6.45) is 2.02. The zero-order valence-corrected chi connectivity index (χ0v) is 11.3.